The van der Waals surface area contributed by atoms with Crippen LogP contribution in [0.15, 0.2) is 22.6 Å². The van der Waals surface area contributed by atoms with Crippen LogP contribution in [-0.2, 0) is 0 Å². The van der Waals surface area contributed by atoms with Gasteiger partial charge in [0, 0.05) is 0 Å². The molecule has 0 amide bonds. The van der Waals surface area contributed by atoms with Gasteiger partial charge in [0.05, 0.1) is 15.4 Å². The van der Waals surface area contributed by atoms with Gasteiger partial charge in [-0.25, -0.2) is 0 Å². The van der Waals surface area contributed by atoms with Crippen molar-refractivity contribution in [3.63, 3.8) is 0 Å². The van der Waals surface area contributed by atoms with E-state index in [1.54, 1.807) is 18.2 Å². The molecule has 1 heterocycles. The second-order valence-corrected chi connectivity index (χ2v) is 3.30. The van der Waals surface area contributed by atoms with Crippen LogP contribution in [0.25, 0.3) is 11.0 Å². The van der Waals surface area contributed by atoms with Crippen molar-refractivity contribution < 1.29 is 9.21 Å². The maximum Gasteiger partial charge on any atom is 0.186 e. The third kappa shape index (κ3) is 1.23. The second-order valence-electron chi connectivity index (χ2n) is 2.51. The molecule has 0 unspecified atom stereocenters. The van der Waals surface area contributed by atoms with Gasteiger partial charge in [-0.3, -0.25) is 4.79 Å². The van der Waals surface area contributed by atoms with Crippen molar-refractivity contribution in [1.82, 2.24) is 0 Å². The van der Waals surface area contributed by atoms with E-state index in [1.807, 2.05) is 0 Å². The first-order valence-corrected chi connectivity index (χ1v) is 4.31. The first kappa shape index (κ1) is 8.60. The minimum absolute atomic E-state index is 0.116. The Labute approximate surface area is 84.0 Å². The maximum atomic E-state index is 10.5. The van der Waals surface area contributed by atoms with E-state index in [-0.39, 0.29) is 10.8 Å². The summed E-state index contributed by atoms with van der Waals surface area (Å²) in [6.07, 6.45) is 0.568. The van der Waals surface area contributed by atoms with Crippen molar-refractivity contribution in [2.24, 2.45) is 0 Å². The Morgan fingerprint density at radius 3 is 2.69 bits per heavy atom. The first-order chi connectivity index (χ1) is 6.24. The Hall–Kier alpha value is -0.990. The molecule has 1 aromatic heterocycles. The van der Waals surface area contributed by atoms with Crippen molar-refractivity contribution >= 4 is 40.5 Å². The number of benzene rings is 1. The first-order valence-electron chi connectivity index (χ1n) is 3.55. The highest BCUT2D eigenvalue weighted by molar-refractivity contribution is 6.43. The van der Waals surface area contributed by atoms with Gasteiger partial charge in [-0.05, 0) is 12.1 Å². The lowest BCUT2D eigenvalue weighted by Crippen LogP contribution is -1.71. The van der Waals surface area contributed by atoms with E-state index in [4.69, 9.17) is 27.6 Å². The molecule has 0 aliphatic carbocycles. The van der Waals surface area contributed by atoms with Gasteiger partial charge in [-0.2, -0.15) is 0 Å². The second kappa shape index (κ2) is 3.05. The van der Waals surface area contributed by atoms with E-state index in [9.17, 15) is 4.79 Å². The molecule has 2 rings (SSSR count). The third-order valence-electron chi connectivity index (χ3n) is 1.74. The normalized spacial score (nSPS) is 10.6. The molecule has 2 nitrogen and oxygen atoms in total. The zero-order chi connectivity index (χ0) is 9.42. The van der Waals surface area contributed by atoms with Gasteiger partial charge in [0.1, 0.15) is 5.58 Å². The number of hydrogen-bond donors (Lipinski definition) is 0. The average molecular weight is 215 g/mol. The minimum Gasteiger partial charge on any atom is -0.452 e. The van der Waals surface area contributed by atoms with Crippen molar-refractivity contribution in [2.75, 3.05) is 0 Å². The summed E-state index contributed by atoms with van der Waals surface area (Å²) in [6.45, 7) is 0. The molecule has 0 radical (unpaired) electrons. The van der Waals surface area contributed by atoms with Gasteiger partial charge < -0.3 is 4.42 Å². The van der Waals surface area contributed by atoms with Gasteiger partial charge in [0.15, 0.2) is 12.0 Å². The SMILES string of the molecule is O=Cc1oc2cccc(Cl)c2c1Cl. The lowest BCUT2D eigenvalue weighted by molar-refractivity contribution is 0.110. The largest absolute Gasteiger partial charge is 0.452 e. The number of rotatable bonds is 1. The zero-order valence-electron chi connectivity index (χ0n) is 6.38. The van der Waals surface area contributed by atoms with Gasteiger partial charge in [0.2, 0.25) is 0 Å². The summed E-state index contributed by atoms with van der Waals surface area (Å²) in [5.41, 5.74) is 0.527. The van der Waals surface area contributed by atoms with Crippen LogP contribution >= 0.6 is 23.2 Å². The van der Waals surface area contributed by atoms with E-state index < -0.39 is 0 Å². The standard InChI is InChI=1S/C9H4Cl2O2/c10-5-2-1-3-6-8(5)9(11)7(4-12)13-6/h1-4H. The summed E-state index contributed by atoms with van der Waals surface area (Å²) in [5, 5.41) is 1.35. The van der Waals surface area contributed by atoms with Crippen LogP contribution in [-0.4, -0.2) is 6.29 Å². The molecule has 0 saturated heterocycles. The molecule has 0 aliphatic heterocycles. The number of hydrogen-bond acceptors (Lipinski definition) is 2. The van der Waals surface area contributed by atoms with Crippen LogP contribution in [0.1, 0.15) is 10.6 Å². The fraction of sp³-hybridized carbons (Fsp3) is 0. The molecular weight excluding hydrogens is 211 g/mol. The van der Waals surface area contributed by atoms with Crippen LogP contribution < -0.4 is 0 Å². The molecule has 0 atom stereocenters. The molecule has 2 aromatic rings. The van der Waals surface area contributed by atoms with Crippen LogP contribution in [0.3, 0.4) is 0 Å². The highest BCUT2D eigenvalue weighted by atomic mass is 35.5. The van der Waals surface area contributed by atoms with Crippen LogP contribution in [0.4, 0.5) is 0 Å². The van der Waals surface area contributed by atoms with Crippen LogP contribution in [0, 0.1) is 0 Å². The topological polar surface area (TPSA) is 30.2 Å². The molecule has 0 spiro atoms. The van der Waals surface area contributed by atoms with Crippen molar-refractivity contribution in [1.29, 1.82) is 0 Å². The summed E-state index contributed by atoms with van der Waals surface area (Å²) in [6, 6.07) is 5.14. The summed E-state index contributed by atoms with van der Waals surface area (Å²) in [5.74, 6) is 0.116. The van der Waals surface area contributed by atoms with Crippen LogP contribution in [0.5, 0.6) is 0 Å². The fourth-order valence-corrected chi connectivity index (χ4v) is 1.75. The average Bonchev–Trinajstić information content (AvgIpc) is 2.44. The highest BCUT2D eigenvalue weighted by Gasteiger charge is 2.13. The van der Waals surface area contributed by atoms with Gasteiger partial charge >= 0.3 is 0 Å². The molecule has 13 heavy (non-hydrogen) atoms. The molecule has 0 aliphatic rings. The predicted octanol–water partition coefficient (Wildman–Crippen LogP) is 3.55. The van der Waals surface area contributed by atoms with E-state index in [2.05, 4.69) is 0 Å². The minimum atomic E-state index is 0.116. The Morgan fingerprint density at radius 1 is 1.31 bits per heavy atom. The van der Waals surface area contributed by atoms with E-state index in [0.717, 1.165) is 0 Å². The summed E-state index contributed by atoms with van der Waals surface area (Å²) < 4.78 is 5.14. The Balaban J connectivity index is 2.92. The fourth-order valence-electron chi connectivity index (χ4n) is 1.16. The molecule has 1 aromatic carbocycles. The summed E-state index contributed by atoms with van der Waals surface area (Å²) in [7, 11) is 0. The number of furan rings is 1. The van der Waals surface area contributed by atoms with Gasteiger partial charge in [-0.15, -0.1) is 0 Å². The molecule has 0 bridgehead atoms. The Bertz CT molecular complexity index is 474. The summed E-state index contributed by atoms with van der Waals surface area (Å²) in [4.78, 5) is 10.5. The van der Waals surface area contributed by atoms with Crippen molar-refractivity contribution in [3.8, 4) is 0 Å². The molecule has 66 valence electrons. The molecule has 0 N–H and O–H groups in total. The smallest absolute Gasteiger partial charge is 0.186 e. The number of halogens is 2. The lowest BCUT2D eigenvalue weighted by Gasteiger charge is -1.90. The lowest BCUT2D eigenvalue weighted by atomic mass is 10.2. The number of fused-ring (bicyclic) bond motifs is 1. The monoisotopic (exact) mass is 214 g/mol. The number of carbonyl (C=O) groups excluding carboxylic acids is 1. The summed E-state index contributed by atoms with van der Waals surface area (Å²) >= 11 is 11.7. The zero-order valence-corrected chi connectivity index (χ0v) is 7.89. The molecule has 4 heteroatoms. The molecular formula is C9H4Cl2O2. The van der Waals surface area contributed by atoms with E-state index >= 15 is 0 Å². The number of aldehydes is 1. The van der Waals surface area contributed by atoms with E-state index in [0.29, 0.717) is 22.3 Å². The van der Waals surface area contributed by atoms with Gasteiger partial charge in [-0.1, -0.05) is 29.3 Å². The maximum absolute atomic E-state index is 10.5. The van der Waals surface area contributed by atoms with E-state index in [1.165, 1.54) is 0 Å². The molecule has 0 saturated carbocycles. The van der Waals surface area contributed by atoms with Crippen molar-refractivity contribution in [3.05, 3.63) is 34.0 Å². The quantitative estimate of drug-likeness (QED) is 0.680. The predicted molar refractivity (Wildman–Crippen MR) is 51.6 cm³/mol. The van der Waals surface area contributed by atoms with Crippen molar-refractivity contribution in [2.45, 2.75) is 0 Å². The Kier molecular flexibility index (Phi) is 2.02. The highest BCUT2D eigenvalue weighted by Crippen LogP contribution is 2.34. The third-order valence-corrected chi connectivity index (χ3v) is 2.43. The molecule has 0 fully saturated rings. The van der Waals surface area contributed by atoms with Gasteiger partial charge in [0.25, 0.3) is 0 Å². The Morgan fingerprint density at radius 2 is 2.08 bits per heavy atom. The number of carbonyl (C=O) groups is 1. The van der Waals surface area contributed by atoms with Crippen LogP contribution in [0.2, 0.25) is 10.0 Å².